The van der Waals surface area contributed by atoms with Crippen molar-refractivity contribution in [2.75, 3.05) is 25.4 Å². The van der Waals surface area contributed by atoms with Crippen LogP contribution in [0.2, 0.25) is 0 Å². The van der Waals surface area contributed by atoms with Gasteiger partial charge in [-0.3, -0.25) is 0 Å². The molecule has 0 bridgehead atoms. The van der Waals surface area contributed by atoms with Gasteiger partial charge in [-0.15, -0.1) is 0 Å². The molecular formula is C11H24N2O2S. The van der Waals surface area contributed by atoms with E-state index in [1.165, 1.54) is 12.8 Å². The summed E-state index contributed by atoms with van der Waals surface area (Å²) in [7, 11) is -3.03. The van der Waals surface area contributed by atoms with Crippen LogP contribution >= 0.6 is 0 Å². The van der Waals surface area contributed by atoms with Gasteiger partial charge in [0, 0.05) is 19.1 Å². The van der Waals surface area contributed by atoms with Crippen molar-refractivity contribution in [3.8, 4) is 0 Å². The number of likely N-dealkylation sites (N-methyl/N-ethyl adjacent to an activating group) is 1. The van der Waals surface area contributed by atoms with Crippen molar-refractivity contribution in [2.24, 2.45) is 0 Å². The third-order valence-corrected chi connectivity index (χ3v) is 5.16. The molecule has 1 unspecified atom stereocenters. The Morgan fingerprint density at radius 3 is 2.56 bits per heavy atom. The fourth-order valence-electron chi connectivity index (χ4n) is 2.15. The van der Waals surface area contributed by atoms with Crippen molar-refractivity contribution in [3.63, 3.8) is 0 Å². The van der Waals surface area contributed by atoms with Crippen molar-refractivity contribution < 1.29 is 8.42 Å². The summed E-state index contributed by atoms with van der Waals surface area (Å²) >= 11 is 0. The Labute approximate surface area is 99.5 Å². The lowest BCUT2D eigenvalue weighted by molar-refractivity contribution is 0.319. The van der Waals surface area contributed by atoms with E-state index in [0.717, 1.165) is 13.0 Å². The molecule has 1 rings (SSSR count). The smallest absolute Gasteiger partial charge is 0.214 e. The molecule has 0 saturated carbocycles. The molecule has 1 N–H and O–H groups in total. The Kier molecular flexibility index (Phi) is 5.72. The zero-order valence-corrected chi connectivity index (χ0v) is 11.2. The fourth-order valence-corrected chi connectivity index (χ4v) is 3.73. The van der Waals surface area contributed by atoms with Gasteiger partial charge >= 0.3 is 0 Å². The molecular weight excluding hydrogens is 224 g/mol. The second-order valence-corrected chi connectivity index (χ2v) is 6.50. The highest BCUT2D eigenvalue weighted by Gasteiger charge is 2.23. The second-order valence-electron chi connectivity index (χ2n) is 4.41. The summed E-state index contributed by atoms with van der Waals surface area (Å²) in [5.41, 5.74) is 0. The molecule has 5 heteroatoms. The van der Waals surface area contributed by atoms with E-state index in [2.05, 4.69) is 5.32 Å². The maximum Gasteiger partial charge on any atom is 0.214 e. The van der Waals surface area contributed by atoms with Gasteiger partial charge in [0.15, 0.2) is 0 Å². The van der Waals surface area contributed by atoms with Crippen LogP contribution in [0.4, 0.5) is 0 Å². The largest absolute Gasteiger partial charge is 0.313 e. The average molecular weight is 248 g/mol. The van der Waals surface area contributed by atoms with E-state index in [9.17, 15) is 8.42 Å². The molecule has 0 spiro atoms. The van der Waals surface area contributed by atoms with Crippen LogP contribution in [-0.4, -0.2) is 44.2 Å². The number of nitrogens with zero attached hydrogens (tertiary/aromatic N) is 1. The molecule has 0 aromatic carbocycles. The molecule has 16 heavy (non-hydrogen) atoms. The maximum atomic E-state index is 11.9. The van der Waals surface area contributed by atoms with Gasteiger partial charge in [-0.25, -0.2) is 12.7 Å². The van der Waals surface area contributed by atoms with Crippen LogP contribution in [-0.2, 0) is 10.0 Å². The molecule has 1 heterocycles. The van der Waals surface area contributed by atoms with Crippen LogP contribution < -0.4 is 5.32 Å². The molecule has 0 aromatic heterocycles. The minimum Gasteiger partial charge on any atom is -0.313 e. The summed E-state index contributed by atoms with van der Waals surface area (Å²) in [6.07, 6.45) is 4.21. The van der Waals surface area contributed by atoms with Crippen LogP contribution in [0.1, 0.15) is 39.5 Å². The van der Waals surface area contributed by atoms with Crippen molar-refractivity contribution >= 4 is 10.0 Å². The van der Waals surface area contributed by atoms with Gasteiger partial charge in [-0.1, -0.05) is 20.3 Å². The molecule has 96 valence electrons. The Balaban J connectivity index is 2.53. The third kappa shape index (κ3) is 4.03. The Morgan fingerprint density at radius 1 is 1.31 bits per heavy atom. The standard InChI is InChI=1S/C11H24N2O2S/c1-3-9-16(14,15)13(4-2)10-11-7-5-6-8-12-11/h11-12H,3-10H2,1-2H3. The van der Waals surface area contributed by atoms with Gasteiger partial charge in [-0.05, 0) is 25.8 Å². The lowest BCUT2D eigenvalue weighted by Gasteiger charge is -2.29. The Bertz CT molecular complexity index is 284. The van der Waals surface area contributed by atoms with Crippen LogP contribution in [0.25, 0.3) is 0 Å². The van der Waals surface area contributed by atoms with Crippen molar-refractivity contribution in [3.05, 3.63) is 0 Å². The zero-order valence-electron chi connectivity index (χ0n) is 10.4. The van der Waals surface area contributed by atoms with E-state index in [-0.39, 0.29) is 5.75 Å². The van der Waals surface area contributed by atoms with Crippen molar-refractivity contribution in [1.82, 2.24) is 9.62 Å². The first kappa shape index (κ1) is 13.9. The highest BCUT2D eigenvalue weighted by molar-refractivity contribution is 7.89. The van der Waals surface area contributed by atoms with Crippen LogP contribution in [0.15, 0.2) is 0 Å². The summed E-state index contributed by atoms with van der Waals surface area (Å²) in [5, 5.41) is 3.39. The summed E-state index contributed by atoms with van der Waals surface area (Å²) < 4.78 is 25.5. The minimum atomic E-state index is -3.03. The molecule has 1 atom stereocenters. The lowest BCUT2D eigenvalue weighted by atomic mass is 10.1. The first-order valence-electron chi connectivity index (χ1n) is 6.31. The summed E-state index contributed by atoms with van der Waals surface area (Å²) in [5.74, 6) is 0.271. The quantitative estimate of drug-likeness (QED) is 0.768. The second kappa shape index (κ2) is 6.57. The molecule has 1 saturated heterocycles. The first-order valence-corrected chi connectivity index (χ1v) is 7.92. The molecule has 0 aromatic rings. The number of rotatable bonds is 6. The number of hydrogen-bond acceptors (Lipinski definition) is 3. The van der Waals surface area contributed by atoms with E-state index in [4.69, 9.17) is 0 Å². The zero-order chi connectivity index (χ0) is 12.0. The minimum absolute atomic E-state index is 0.271. The molecule has 1 fully saturated rings. The van der Waals surface area contributed by atoms with Gasteiger partial charge in [0.1, 0.15) is 0 Å². The molecule has 0 radical (unpaired) electrons. The van der Waals surface area contributed by atoms with E-state index < -0.39 is 10.0 Å². The molecule has 1 aliphatic rings. The van der Waals surface area contributed by atoms with Crippen molar-refractivity contribution in [1.29, 1.82) is 0 Å². The normalized spacial score (nSPS) is 22.6. The van der Waals surface area contributed by atoms with E-state index >= 15 is 0 Å². The number of hydrogen-bond donors (Lipinski definition) is 1. The number of piperidine rings is 1. The van der Waals surface area contributed by atoms with E-state index in [1.807, 2.05) is 13.8 Å². The van der Waals surface area contributed by atoms with Gasteiger partial charge in [0.2, 0.25) is 10.0 Å². The Morgan fingerprint density at radius 2 is 2.06 bits per heavy atom. The van der Waals surface area contributed by atoms with E-state index in [0.29, 0.717) is 25.6 Å². The Hall–Kier alpha value is -0.130. The third-order valence-electron chi connectivity index (χ3n) is 3.04. The van der Waals surface area contributed by atoms with Crippen molar-refractivity contribution in [2.45, 2.75) is 45.6 Å². The topological polar surface area (TPSA) is 49.4 Å². The number of sulfonamides is 1. The first-order chi connectivity index (χ1) is 7.60. The van der Waals surface area contributed by atoms with Crippen LogP contribution in [0.5, 0.6) is 0 Å². The van der Waals surface area contributed by atoms with Gasteiger partial charge in [0.05, 0.1) is 5.75 Å². The monoisotopic (exact) mass is 248 g/mol. The maximum absolute atomic E-state index is 11.9. The molecule has 0 aliphatic carbocycles. The molecule has 1 aliphatic heterocycles. The van der Waals surface area contributed by atoms with Gasteiger partial charge < -0.3 is 5.32 Å². The summed E-state index contributed by atoms with van der Waals surface area (Å²) in [4.78, 5) is 0. The van der Waals surface area contributed by atoms with Crippen LogP contribution in [0.3, 0.4) is 0 Å². The predicted octanol–water partition coefficient (Wildman–Crippen LogP) is 1.19. The molecule has 4 nitrogen and oxygen atoms in total. The predicted molar refractivity (Wildman–Crippen MR) is 67.0 cm³/mol. The average Bonchev–Trinajstić information content (AvgIpc) is 2.27. The fraction of sp³-hybridized carbons (Fsp3) is 1.00. The molecule has 0 amide bonds. The van der Waals surface area contributed by atoms with E-state index in [1.54, 1.807) is 4.31 Å². The summed E-state index contributed by atoms with van der Waals surface area (Å²) in [6, 6.07) is 0.348. The number of nitrogens with one attached hydrogen (secondary N) is 1. The SMILES string of the molecule is CCCS(=O)(=O)N(CC)CC1CCCCN1. The van der Waals surface area contributed by atoms with Gasteiger partial charge in [-0.2, -0.15) is 0 Å². The summed E-state index contributed by atoms with van der Waals surface area (Å²) in [6.45, 7) is 6.07. The highest BCUT2D eigenvalue weighted by Crippen LogP contribution is 2.11. The van der Waals surface area contributed by atoms with Gasteiger partial charge in [0.25, 0.3) is 0 Å². The lowest BCUT2D eigenvalue weighted by Crippen LogP contribution is -2.46. The van der Waals surface area contributed by atoms with Crippen LogP contribution in [0, 0.1) is 0 Å². The highest BCUT2D eigenvalue weighted by atomic mass is 32.2.